The monoisotopic (exact) mass is 344 g/mol. The first-order valence-corrected chi connectivity index (χ1v) is 7.33. The number of methoxy groups -OCH3 is 1. The second kappa shape index (κ2) is 6.25. The minimum absolute atomic E-state index is 0.244. The second-order valence-corrected chi connectivity index (χ2v) is 5.43. The van der Waals surface area contributed by atoms with Crippen LogP contribution in [0.5, 0.6) is 5.75 Å². The molecule has 3 aromatic rings. The molecule has 0 atom stereocenters. The number of amides is 2. The highest BCUT2D eigenvalue weighted by Gasteiger charge is 2.16. The average molecular weight is 345 g/mol. The maximum absolute atomic E-state index is 12.5. The van der Waals surface area contributed by atoms with Gasteiger partial charge in [0.25, 0.3) is 5.91 Å². The van der Waals surface area contributed by atoms with E-state index in [1.54, 1.807) is 18.2 Å². The predicted molar refractivity (Wildman–Crippen MR) is 90.7 cm³/mol. The zero-order valence-electron chi connectivity index (χ0n) is 12.6. The Bertz CT molecular complexity index is 949. The van der Waals surface area contributed by atoms with Gasteiger partial charge >= 0.3 is 0 Å². The van der Waals surface area contributed by atoms with Gasteiger partial charge in [-0.2, -0.15) is 0 Å². The van der Waals surface area contributed by atoms with E-state index in [0.717, 1.165) is 0 Å². The minimum atomic E-state index is -0.610. The Labute approximate surface area is 142 Å². The lowest BCUT2D eigenvalue weighted by Crippen LogP contribution is -2.14. The molecule has 0 unspecified atom stereocenters. The quantitative estimate of drug-likeness (QED) is 0.757. The summed E-state index contributed by atoms with van der Waals surface area (Å²) in [7, 11) is 1.54. The van der Waals surface area contributed by atoms with Crippen LogP contribution < -0.4 is 15.8 Å². The van der Waals surface area contributed by atoms with E-state index in [1.807, 2.05) is 0 Å². The van der Waals surface area contributed by atoms with E-state index in [-0.39, 0.29) is 11.3 Å². The molecule has 122 valence electrons. The van der Waals surface area contributed by atoms with E-state index in [9.17, 15) is 9.59 Å². The topological polar surface area (TPSA) is 94.6 Å². The van der Waals surface area contributed by atoms with Crippen LogP contribution in [0.1, 0.15) is 20.7 Å². The molecule has 1 aromatic heterocycles. The van der Waals surface area contributed by atoms with Crippen LogP contribution in [-0.4, -0.2) is 18.9 Å². The average Bonchev–Trinajstić information content (AvgIpc) is 2.99. The molecule has 0 spiro atoms. The van der Waals surface area contributed by atoms with Gasteiger partial charge in [-0.3, -0.25) is 9.59 Å². The highest BCUT2D eigenvalue weighted by molar-refractivity contribution is 6.34. The van der Waals surface area contributed by atoms with Gasteiger partial charge < -0.3 is 20.2 Å². The van der Waals surface area contributed by atoms with E-state index in [1.165, 1.54) is 31.6 Å². The molecular formula is C17H13ClN2O4. The summed E-state index contributed by atoms with van der Waals surface area (Å²) in [5.74, 6) is -0.433. The summed E-state index contributed by atoms with van der Waals surface area (Å²) in [6.07, 6.45) is 1.35. The fourth-order valence-corrected chi connectivity index (χ4v) is 2.44. The summed E-state index contributed by atoms with van der Waals surface area (Å²) in [6.45, 7) is 0. The van der Waals surface area contributed by atoms with Crippen LogP contribution in [-0.2, 0) is 0 Å². The van der Waals surface area contributed by atoms with Crippen LogP contribution >= 0.6 is 11.6 Å². The SMILES string of the molecule is COc1ccc2occ(C(=O)Nc3cc(C(N)=O)ccc3Cl)c2c1. The van der Waals surface area contributed by atoms with Gasteiger partial charge in [0.05, 0.1) is 23.4 Å². The third-order valence-electron chi connectivity index (χ3n) is 3.52. The Kier molecular flexibility index (Phi) is 4.14. The maximum Gasteiger partial charge on any atom is 0.259 e. The molecule has 0 aliphatic heterocycles. The Morgan fingerprint density at radius 3 is 2.71 bits per heavy atom. The number of carbonyl (C=O) groups is 2. The summed E-state index contributed by atoms with van der Waals surface area (Å²) in [5.41, 5.74) is 6.65. The number of primary amides is 1. The summed E-state index contributed by atoms with van der Waals surface area (Å²) >= 11 is 6.06. The molecule has 0 aliphatic carbocycles. The zero-order valence-corrected chi connectivity index (χ0v) is 13.4. The zero-order chi connectivity index (χ0) is 17.3. The minimum Gasteiger partial charge on any atom is -0.497 e. The molecule has 0 bridgehead atoms. The van der Waals surface area contributed by atoms with E-state index >= 15 is 0 Å². The van der Waals surface area contributed by atoms with Crippen LogP contribution in [0.4, 0.5) is 5.69 Å². The van der Waals surface area contributed by atoms with E-state index in [0.29, 0.717) is 27.3 Å². The summed E-state index contributed by atoms with van der Waals surface area (Å²) in [5, 5.41) is 3.55. The number of carbonyl (C=O) groups excluding carboxylic acids is 2. The number of benzene rings is 2. The predicted octanol–water partition coefficient (Wildman–Crippen LogP) is 3.45. The lowest BCUT2D eigenvalue weighted by molar-refractivity contribution is 0.0996. The summed E-state index contributed by atoms with van der Waals surface area (Å²) in [4.78, 5) is 23.8. The number of hydrogen-bond acceptors (Lipinski definition) is 4. The lowest BCUT2D eigenvalue weighted by Gasteiger charge is -2.08. The first kappa shape index (κ1) is 15.9. The van der Waals surface area contributed by atoms with Crippen molar-refractivity contribution in [1.82, 2.24) is 0 Å². The van der Waals surface area contributed by atoms with Crippen molar-refractivity contribution in [3.05, 3.63) is 58.8 Å². The standard InChI is InChI=1S/C17H13ClN2O4/c1-23-10-3-5-15-11(7-10)12(8-24-15)17(22)20-14-6-9(16(19)21)2-4-13(14)18/h2-8H,1H3,(H2,19,21)(H,20,22). The highest BCUT2D eigenvalue weighted by atomic mass is 35.5. The van der Waals surface area contributed by atoms with Crippen LogP contribution in [0.3, 0.4) is 0 Å². The lowest BCUT2D eigenvalue weighted by atomic mass is 10.1. The van der Waals surface area contributed by atoms with Gasteiger partial charge in [-0.15, -0.1) is 0 Å². The third kappa shape index (κ3) is 2.91. The molecule has 3 rings (SSSR count). The van der Waals surface area contributed by atoms with Crippen molar-refractivity contribution >= 4 is 40.1 Å². The van der Waals surface area contributed by atoms with Crippen LogP contribution in [0.2, 0.25) is 5.02 Å². The molecule has 2 aromatic carbocycles. The molecule has 2 amide bonds. The smallest absolute Gasteiger partial charge is 0.259 e. The van der Waals surface area contributed by atoms with Crippen molar-refractivity contribution < 1.29 is 18.7 Å². The normalized spacial score (nSPS) is 10.6. The molecule has 0 fully saturated rings. The Morgan fingerprint density at radius 2 is 2.00 bits per heavy atom. The Balaban J connectivity index is 1.96. The molecule has 0 saturated heterocycles. The molecule has 1 heterocycles. The largest absolute Gasteiger partial charge is 0.497 e. The Hall–Kier alpha value is -2.99. The van der Waals surface area contributed by atoms with Crippen molar-refractivity contribution in [3.63, 3.8) is 0 Å². The maximum atomic E-state index is 12.5. The number of anilines is 1. The van der Waals surface area contributed by atoms with Crippen molar-refractivity contribution in [2.24, 2.45) is 5.73 Å². The summed E-state index contributed by atoms with van der Waals surface area (Å²) in [6, 6.07) is 9.55. The van der Waals surface area contributed by atoms with Gasteiger partial charge in [0, 0.05) is 10.9 Å². The third-order valence-corrected chi connectivity index (χ3v) is 3.85. The first-order valence-electron chi connectivity index (χ1n) is 6.95. The van der Waals surface area contributed by atoms with Gasteiger partial charge in [-0.1, -0.05) is 11.6 Å². The fraction of sp³-hybridized carbons (Fsp3) is 0.0588. The Morgan fingerprint density at radius 1 is 1.21 bits per heavy atom. The molecule has 6 nitrogen and oxygen atoms in total. The summed E-state index contributed by atoms with van der Waals surface area (Å²) < 4.78 is 10.5. The van der Waals surface area contributed by atoms with Gasteiger partial charge in [0.2, 0.25) is 5.91 Å². The van der Waals surface area contributed by atoms with Gasteiger partial charge in [-0.25, -0.2) is 0 Å². The van der Waals surface area contributed by atoms with Crippen LogP contribution in [0.25, 0.3) is 11.0 Å². The molecule has 3 N–H and O–H groups in total. The van der Waals surface area contributed by atoms with Crippen molar-refractivity contribution in [3.8, 4) is 5.75 Å². The highest BCUT2D eigenvalue weighted by Crippen LogP contribution is 2.28. The van der Waals surface area contributed by atoms with E-state index < -0.39 is 11.8 Å². The fourth-order valence-electron chi connectivity index (χ4n) is 2.28. The van der Waals surface area contributed by atoms with Crippen molar-refractivity contribution in [2.75, 3.05) is 12.4 Å². The number of rotatable bonds is 4. The molecule has 24 heavy (non-hydrogen) atoms. The number of furan rings is 1. The molecule has 7 heteroatoms. The van der Waals surface area contributed by atoms with Crippen molar-refractivity contribution in [2.45, 2.75) is 0 Å². The number of fused-ring (bicyclic) bond motifs is 1. The number of halogens is 1. The number of nitrogens with two attached hydrogens (primary N) is 1. The van der Waals surface area contributed by atoms with Crippen molar-refractivity contribution in [1.29, 1.82) is 0 Å². The second-order valence-electron chi connectivity index (χ2n) is 5.02. The molecule has 0 saturated carbocycles. The number of ether oxygens (including phenoxy) is 1. The van der Waals surface area contributed by atoms with Gasteiger partial charge in [0.1, 0.15) is 17.6 Å². The molecule has 0 radical (unpaired) electrons. The number of nitrogens with one attached hydrogen (secondary N) is 1. The number of hydrogen-bond donors (Lipinski definition) is 2. The van der Waals surface area contributed by atoms with Crippen LogP contribution in [0.15, 0.2) is 47.1 Å². The van der Waals surface area contributed by atoms with E-state index in [4.69, 9.17) is 26.5 Å². The van der Waals surface area contributed by atoms with Crippen LogP contribution in [0, 0.1) is 0 Å². The van der Waals surface area contributed by atoms with Gasteiger partial charge in [-0.05, 0) is 36.4 Å². The van der Waals surface area contributed by atoms with E-state index in [2.05, 4.69) is 5.32 Å². The van der Waals surface area contributed by atoms with Gasteiger partial charge in [0.15, 0.2) is 0 Å². The molecular weight excluding hydrogens is 332 g/mol. The first-order chi connectivity index (χ1) is 11.5. The molecule has 0 aliphatic rings.